The fourth-order valence-corrected chi connectivity index (χ4v) is 3.19. The molecule has 25 heavy (non-hydrogen) atoms. The van der Waals surface area contributed by atoms with Crippen LogP contribution in [0.15, 0.2) is 23.1 Å². The van der Waals surface area contributed by atoms with Gasteiger partial charge in [0.05, 0.1) is 12.8 Å². The number of sulfonamides is 1. The SMILES string of the molecule is CNc1c(F)c(F)c(S(=O)(=O)Nc2ccc(OC)c(F)c2)c(F)c1F. The Morgan fingerprint density at radius 1 is 0.960 bits per heavy atom. The van der Waals surface area contributed by atoms with Gasteiger partial charge in [0.25, 0.3) is 10.0 Å². The van der Waals surface area contributed by atoms with E-state index < -0.39 is 55.4 Å². The van der Waals surface area contributed by atoms with Gasteiger partial charge in [-0.15, -0.1) is 0 Å². The van der Waals surface area contributed by atoms with Crippen LogP contribution in [0, 0.1) is 29.1 Å². The van der Waals surface area contributed by atoms with Crippen molar-refractivity contribution in [3.63, 3.8) is 0 Å². The van der Waals surface area contributed by atoms with Crippen LogP contribution in [0.2, 0.25) is 0 Å². The smallest absolute Gasteiger partial charge is 0.267 e. The maximum atomic E-state index is 14.0. The number of rotatable bonds is 5. The molecular weight excluding hydrogens is 371 g/mol. The van der Waals surface area contributed by atoms with E-state index in [1.165, 1.54) is 7.11 Å². The van der Waals surface area contributed by atoms with Crippen LogP contribution in [0.1, 0.15) is 0 Å². The first-order valence-corrected chi connectivity index (χ1v) is 8.02. The summed E-state index contributed by atoms with van der Waals surface area (Å²) in [6.07, 6.45) is 0. The summed E-state index contributed by atoms with van der Waals surface area (Å²) in [4.78, 5) is -1.86. The van der Waals surface area contributed by atoms with Crippen molar-refractivity contribution in [2.45, 2.75) is 4.90 Å². The highest BCUT2D eigenvalue weighted by molar-refractivity contribution is 7.92. The van der Waals surface area contributed by atoms with E-state index in [-0.39, 0.29) is 5.75 Å². The molecule has 0 amide bonds. The molecule has 0 aliphatic carbocycles. The Morgan fingerprint density at radius 2 is 1.52 bits per heavy atom. The zero-order valence-electron chi connectivity index (χ0n) is 12.8. The van der Waals surface area contributed by atoms with Crippen LogP contribution < -0.4 is 14.8 Å². The molecule has 2 N–H and O–H groups in total. The lowest BCUT2D eigenvalue weighted by Gasteiger charge is -2.13. The molecule has 2 rings (SSSR count). The molecule has 2 aromatic carbocycles. The van der Waals surface area contributed by atoms with Gasteiger partial charge in [-0.3, -0.25) is 4.72 Å². The van der Waals surface area contributed by atoms with Gasteiger partial charge in [0.2, 0.25) is 0 Å². The highest BCUT2D eigenvalue weighted by Gasteiger charge is 2.33. The maximum Gasteiger partial charge on any atom is 0.267 e. The average molecular weight is 382 g/mol. The first kappa shape index (κ1) is 18.8. The van der Waals surface area contributed by atoms with E-state index in [0.29, 0.717) is 6.07 Å². The quantitative estimate of drug-likeness (QED) is 0.616. The predicted octanol–water partition coefficient (Wildman–Crippen LogP) is 3.23. The number of benzene rings is 2. The second kappa shape index (κ2) is 6.75. The lowest BCUT2D eigenvalue weighted by Crippen LogP contribution is -2.19. The number of halogens is 5. The first-order valence-electron chi connectivity index (χ1n) is 6.54. The Morgan fingerprint density at radius 3 is 1.96 bits per heavy atom. The summed E-state index contributed by atoms with van der Waals surface area (Å²) >= 11 is 0. The van der Waals surface area contributed by atoms with Crippen molar-refractivity contribution in [1.29, 1.82) is 0 Å². The van der Waals surface area contributed by atoms with Crippen LogP contribution in [-0.4, -0.2) is 22.6 Å². The molecule has 0 saturated carbocycles. The van der Waals surface area contributed by atoms with Crippen molar-refractivity contribution in [1.82, 2.24) is 0 Å². The van der Waals surface area contributed by atoms with Crippen LogP contribution >= 0.6 is 0 Å². The van der Waals surface area contributed by atoms with Crippen LogP contribution in [0.25, 0.3) is 0 Å². The van der Waals surface area contributed by atoms with Gasteiger partial charge in [0, 0.05) is 13.1 Å². The van der Waals surface area contributed by atoms with E-state index >= 15 is 0 Å². The highest BCUT2D eigenvalue weighted by Crippen LogP contribution is 2.32. The summed E-state index contributed by atoms with van der Waals surface area (Å²) in [5.74, 6) is -9.25. The monoisotopic (exact) mass is 382 g/mol. The second-order valence-corrected chi connectivity index (χ2v) is 6.28. The molecule has 11 heteroatoms. The number of hydrogen-bond donors (Lipinski definition) is 2. The molecule has 0 unspecified atom stereocenters. The Balaban J connectivity index is 2.56. The number of ether oxygens (including phenoxy) is 1. The summed E-state index contributed by atoms with van der Waals surface area (Å²) < 4.78 is 99.4. The van der Waals surface area contributed by atoms with E-state index in [1.54, 1.807) is 4.72 Å². The lowest BCUT2D eigenvalue weighted by molar-refractivity contribution is 0.386. The van der Waals surface area contributed by atoms with E-state index in [1.807, 2.05) is 5.32 Å². The van der Waals surface area contributed by atoms with E-state index in [2.05, 4.69) is 4.74 Å². The van der Waals surface area contributed by atoms with Gasteiger partial charge in [0.1, 0.15) is 5.69 Å². The molecule has 0 radical (unpaired) electrons. The molecule has 0 aliphatic heterocycles. The first-order chi connectivity index (χ1) is 11.6. The van der Waals surface area contributed by atoms with Crippen molar-refractivity contribution < 1.29 is 35.1 Å². The summed E-state index contributed by atoms with van der Waals surface area (Å²) in [6.45, 7) is 0. The van der Waals surface area contributed by atoms with Gasteiger partial charge in [-0.05, 0) is 12.1 Å². The van der Waals surface area contributed by atoms with Crippen LogP contribution in [0.5, 0.6) is 5.75 Å². The highest BCUT2D eigenvalue weighted by atomic mass is 32.2. The minimum absolute atomic E-state index is 0.212. The van der Waals surface area contributed by atoms with Gasteiger partial charge in [-0.2, -0.15) is 0 Å². The Bertz CT molecular complexity index is 906. The molecule has 0 heterocycles. The Hall–Kier alpha value is -2.56. The normalized spacial score (nSPS) is 11.3. The number of anilines is 2. The van der Waals surface area contributed by atoms with Gasteiger partial charge >= 0.3 is 0 Å². The third-order valence-corrected chi connectivity index (χ3v) is 4.55. The fourth-order valence-electron chi connectivity index (χ4n) is 2.00. The molecule has 0 atom stereocenters. The van der Waals surface area contributed by atoms with Gasteiger partial charge in [0.15, 0.2) is 39.7 Å². The standard InChI is InChI=1S/C14H11F5N2O3S/c1-20-13-9(16)11(18)14(12(19)10(13)17)25(22,23)21-6-3-4-8(24-2)7(15)5-6/h3-5,20-21H,1-2H3. The number of hydrogen-bond acceptors (Lipinski definition) is 4. The molecule has 0 bridgehead atoms. The molecule has 0 spiro atoms. The van der Waals surface area contributed by atoms with Crippen molar-refractivity contribution in [2.75, 3.05) is 24.2 Å². The number of methoxy groups -OCH3 is 1. The van der Waals surface area contributed by atoms with E-state index in [0.717, 1.165) is 19.2 Å². The summed E-state index contributed by atoms with van der Waals surface area (Å²) in [7, 11) is -2.93. The average Bonchev–Trinajstić information content (AvgIpc) is 2.53. The predicted molar refractivity (Wildman–Crippen MR) is 79.6 cm³/mol. The molecule has 0 aliphatic rings. The molecular formula is C14H11F5N2O3S. The van der Waals surface area contributed by atoms with Crippen molar-refractivity contribution in [2.24, 2.45) is 0 Å². The van der Waals surface area contributed by atoms with Crippen LogP contribution in [0.3, 0.4) is 0 Å². The van der Waals surface area contributed by atoms with Crippen molar-refractivity contribution in [3.8, 4) is 5.75 Å². The number of nitrogens with one attached hydrogen (secondary N) is 2. The van der Waals surface area contributed by atoms with Crippen molar-refractivity contribution >= 4 is 21.4 Å². The minimum Gasteiger partial charge on any atom is -0.494 e. The van der Waals surface area contributed by atoms with Gasteiger partial charge < -0.3 is 10.1 Å². The van der Waals surface area contributed by atoms with E-state index in [9.17, 15) is 30.4 Å². The second-order valence-electron chi connectivity index (χ2n) is 4.66. The molecule has 0 fully saturated rings. The fraction of sp³-hybridized carbons (Fsp3) is 0.143. The minimum atomic E-state index is -5.10. The topological polar surface area (TPSA) is 67.4 Å². The molecule has 0 saturated heterocycles. The van der Waals surface area contributed by atoms with Gasteiger partial charge in [-0.1, -0.05) is 0 Å². The van der Waals surface area contributed by atoms with Gasteiger partial charge in [-0.25, -0.2) is 30.4 Å². The maximum absolute atomic E-state index is 14.0. The largest absolute Gasteiger partial charge is 0.494 e. The zero-order chi connectivity index (χ0) is 18.9. The molecule has 2 aromatic rings. The summed E-state index contributed by atoms with van der Waals surface area (Å²) in [5, 5.41) is 1.88. The third-order valence-electron chi connectivity index (χ3n) is 3.15. The van der Waals surface area contributed by atoms with Crippen LogP contribution in [-0.2, 0) is 10.0 Å². The zero-order valence-corrected chi connectivity index (χ0v) is 13.6. The Labute approximate surface area is 139 Å². The van der Waals surface area contributed by atoms with Crippen molar-refractivity contribution in [3.05, 3.63) is 47.3 Å². The lowest BCUT2D eigenvalue weighted by atomic mass is 10.2. The van der Waals surface area contributed by atoms with Crippen LogP contribution in [0.4, 0.5) is 33.3 Å². The molecule has 136 valence electrons. The molecule has 0 aromatic heterocycles. The molecule has 5 nitrogen and oxygen atoms in total. The third kappa shape index (κ3) is 3.31. The van der Waals surface area contributed by atoms with E-state index in [4.69, 9.17) is 0 Å². The summed E-state index contributed by atoms with van der Waals surface area (Å²) in [6, 6.07) is 2.75. The Kier molecular flexibility index (Phi) is 5.07. The summed E-state index contributed by atoms with van der Waals surface area (Å²) in [5.41, 5.74) is -1.60.